The SMILES string of the molecule is CCn1c(C)cc(C(=O)CSc2n[nH]c(/C=C/c3ccccc3)n2)c1C. The second-order valence-corrected chi connectivity index (χ2v) is 6.93. The molecule has 2 heterocycles. The first kappa shape index (κ1) is 18.2. The fourth-order valence-electron chi connectivity index (χ4n) is 2.91. The van der Waals surface area contributed by atoms with Gasteiger partial charge in [0.15, 0.2) is 5.78 Å². The molecule has 2 aromatic heterocycles. The molecule has 0 spiro atoms. The Labute approximate surface area is 157 Å². The first-order chi connectivity index (χ1) is 12.6. The van der Waals surface area contributed by atoms with Gasteiger partial charge in [0.25, 0.3) is 0 Å². The molecular formula is C20H22N4OS. The van der Waals surface area contributed by atoms with Gasteiger partial charge in [0, 0.05) is 23.5 Å². The Bertz CT molecular complexity index is 925. The number of H-pyrrole nitrogens is 1. The van der Waals surface area contributed by atoms with Crippen molar-refractivity contribution in [1.82, 2.24) is 19.7 Å². The minimum atomic E-state index is 0.106. The summed E-state index contributed by atoms with van der Waals surface area (Å²) >= 11 is 1.35. The fraction of sp³-hybridized carbons (Fsp3) is 0.250. The summed E-state index contributed by atoms with van der Waals surface area (Å²) in [6.07, 6.45) is 3.85. The molecule has 0 fully saturated rings. The number of thioether (sulfide) groups is 1. The van der Waals surface area contributed by atoms with Crippen LogP contribution in [0, 0.1) is 13.8 Å². The van der Waals surface area contributed by atoms with E-state index in [0.29, 0.717) is 16.7 Å². The van der Waals surface area contributed by atoms with Crippen LogP contribution in [0.25, 0.3) is 12.2 Å². The van der Waals surface area contributed by atoms with Gasteiger partial charge in [0.05, 0.1) is 5.75 Å². The molecule has 0 radical (unpaired) electrons. The van der Waals surface area contributed by atoms with E-state index in [9.17, 15) is 4.79 Å². The van der Waals surface area contributed by atoms with Crippen molar-refractivity contribution in [3.8, 4) is 0 Å². The van der Waals surface area contributed by atoms with Crippen LogP contribution >= 0.6 is 11.8 Å². The van der Waals surface area contributed by atoms with Crippen molar-refractivity contribution in [2.24, 2.45) is 0 Å². The van der Waals surface area contributed by atoms with Crippen molar-refractivity contribution < 1.29 is 4.79 Å². The van der Waals surface area contributed by atoms with Crippen LogP contribution in [0.1, 0.15) is 40.1 Å². The fourth-order valence-corrected chi connectivity index (χ4v) is 3.60. The second kappa shape index (κ2) is 8.19. The zero-order valence-electron chi connectivity index (χ0n) is 15.2. The van der Waals surface area contributed by atoms with E-state index in [4.69, 9.17) is 0 Å². The highest BCUT2D eigenvalue weighted by atomic mass is 32.2. The van der Waals surface area contributed by atoms with Crippen LogP contribution in [-0.2, 0) is 6.54 Å². The molecule has 3 rings (SSSR count). The highest BCUT2D eigenvalue weighted by Gasteiger charge is 2.16. The highest BCUT2D eigenvalue weighted by Crippen LogP contribution is 2.20. The molecule has 0 amide bonds. The third-order valence-electron chi connectivity index (χ3n) is 4.24. The number of benzene rings is 1. The molecule has 0 aliphatic carbocycles. The van der Waals surface area contributed by atoms with Crippen molar-refractivity contribution in [3.05, 3.63) is 64.7 Å². The van der Waals surface area contributed by atoms with Gasteiger partial charge in [0.1, 0.15) is 5.82 Å². The van der Waals surface area contributed by atoms with E-state index in [-0.39, 0.29) is 5.78 Å². The van der Waals surface area contributed by atoms with Crippen LogP contribution in [0.5, 0.6) is 0 Å². The van der Waals surface area contributed by atoms with Gasteiger partial charge < -0.3 is 4.57 Å². The van der Waals surface area contributed by atoms with Crippen molar-refractivity contribution >= 4 is 29.7 Å². The van der Waals surface area contributed by atoms with Crippen LogP contribution in [0.3, 0.4) is 0 Å². The van der Waals surface area contributed by atoms with E-state index >= 15 is 0 Å². The van der Waals surface area contributed by atoms with Gasteiger partial charge >= 0.3 is 0 Å². The summed E-state index contributed by atoms with van der Waals surface area (Å²) in [5, 5.41) is 7.64. The van der Waals surface area contributed by atoms with Crippen LogP contribution in [0.4, 0.5) is 0 Å². The number of hydrogen-bond acceptors (Lipinski definition) is 4. The normalized spacial score (nSPS) is 11.3. The summed E-state index contributed by atoms with van der Waals surface area (Å²) in [6.45, 7) is 6.98. The number of aromatic amines is 1. The monoisotopic (exact) mass is 366 g/mol. The zero-order chi connectivity index (χ0) is 18.5. The lowest BCUT2D eigenvalue weighted by atomic mass is 10.2. The number of Topliss-reactive ketones (excluding diaryl/α,β-unsaturated/α-hetero) is 1. The molecule has 0 saturated carbocycles. The molecule has 0 aliphatic heterocycles. The van der Waals surface area contributed by atoms with Crippen LogP contribution < -0.4 is 0 Å². The Morgan fingerprint density at radius 2 is 2.00 bits per heavy atom. The summed E-state index contributed by atoms with van der Waals surface area (Å²) in [5.41, 5.74) is 4.03. The number of nitrogens with zero attached hydrogens (tertiary/aromatic N) is 3. The second-order valence-electron chi connectivity index (χ2n) is 5.99. The van der Waals surface area contributed by atoms with Gasteiger partial charge in [-0.2, -0.15) is 0 Å². The van der Waals surface area contributed by atoms with Gasteiger partial charge in [-0.3, -0.25) is 9.89 Å². The Morgan fingerprint density at radius 3 is 2.69 bits per heavy atom. The molecule has 6 heteroatoms. The van der Waals surface area contributed by atoms with E-state index in [1.807, 2.05) is 62.4 Å². The van der Waals surface area contributed by atoms with Crippen molar-refractivity contribution in [3.63, 3.8) is 0 Å². The molecule has 1 aromatic carbocycles. The van der Waals surface area contributed by atoms with Crippen molar-refractivity contribution in [2.45, 2.75) is 32.5 Å². The molecule has 134 valence electrons. The minimum Gasteiger partial charge on any atom is -0.349 e. The molecule has 5 nitrogen and oxygen atoms in total. The number of aryl methyl sites for hydroxylation is 1. The molecule has 3 aromatic rings. The summed E-state index contributed by atoms with van der Waals surface area (Å²) in [5.74, 6) is 1.11. The van der Waals surface area contributed by atoms with E-state index in [1.54, 1.807) is 0 Å². The van der Waals surface area contributed by atoms with Gasteiger partial charge in [-0.05, 0) is 38.5 Å². The lowest BCUT2D eigenvalue weighted by Crippen LogP contribution is -2.06. The molecule has 26 heavy (non-hydrogen) atoms. The van der Waals surface area contributed by atoms with E-state index in [2.05, 4.69) is 26.7 Å². The maximum Gasteiger partial charge on any atom is 0.209 e. The Balaban J connectivity index is 1.61. The molecule has 0 saturated heterocycles. The number of hydrogen-bond donors (Lipinski definition) is 1. The first-order valence-corrected chi connectivity index (χ1v) is 9.55. The van der Waals surface area contributed by atoms with Gasteiger partial charge in [-0.15, -0.1) is 5.10 Å². The maximum atomic E-state index is 12.5. The molecular weight excluding hydrogens is 344 g/mol. The molecule has 0 bridgehead atoms. The van der Waals surface area contributed by atoms with E-state index in [0.717, 1.165) is 29.1 Å². The molecule has 0 aliphatic rings. The van der Waals surface area contributed by atoms with E-state index in [1.165, 1.54) is 11.8 Å². The quantitative estimate of drug-likeness (QED) is 0.498. The number of nitrogens with one attached hydrogen (secondary N) is 1. The first-order valence-electron chi connectivity index (χ1n) is 8.56. The molecule has 0 unspecified atom stereocenters. The summed E-state index contributed by atoms with van der Waals surface area (Å²) in [6, 6.07) is 12.0. The predicted octanol–water partition coefficient (Wildman–Crippen LogP) is 4.39. The van der Waals surface area contributed by atoms with Gasteiger partial charge in [0.2, 0.25) is 5.16 Å². The number of carbonyl (C=O) groups excluding carboxylic acids is 1. The van der Waals surface area contributed by atoms with Crippen LogP contribution in [0.2, 0.25) is 0 Å². The Kier molecular flexibility index (Phi) is 5.73. The number of carbonyl (C=O) groups is 1. The van der Waals surface area contributed by atoms with E-state index < -0.39 is 0 Å². The van der Waals surface area contributed by atoms with Crippen LogP contribution in [-0.4, -0.2) is 31.3 Å². The number of aromatic nitrogens is 4. The topological polar surface area (TPSA) is 63.6 Å². The Hall–Kier alpha value is -2.60. The maximum absolute atomic E-state index is 12.5. The summed E-state index contributed by atoms with van der Waals surface area (Å²) in [4.78, 5) is 16.9. The summed E-state index contributed by atoms with van der Waals surface area (Å²) in [7, 11) is 0. The lowest BCUT2D eigenvalue weighted by Gasteiger charge is -2.05. The number of ketones is 1. The Morgan fingerprint density at radius 1 is 1.23 bits per heavy atom. The van der Waals surface area contributed by atoms with Crippen molar-refractivity contribution in [2.75, 3.05) is 5.75 Å². The minimum absolute atomic E-state index is 0.106. The zero-order valence-corrected chi connectivity index (χ0v) is 16.0. The predicted molar refractivity (Wildman–Crippen MR) is 106 cm³/mol. The summed E-state index contributed by atoms with van der Waals surface area (Å²) < 4.78 is 2.15. The largest absolute Gasteiger partial charge is 0.349 e. The lowest BCUT2D eigenvalue weighted by molar-refractivity contribution is 0.102. The third-order valence-corrected chi connectivity index (χ3v) is 5.09. The molecule has 1 N–H and O–H groups in total. The average molecular weight is 366 g/mol. The number of rotatable bonds is 7. The standard InChI is InChI=1S/C20H22N4OS/c1-4-24-14(2)12-17(15(24)3)18(25)13-26-20-21-19(22-23-20)11-10-16-8-6-5-7-9-16/h5-12H,4,13H2,1-3H3,(H,21,22,23)/b11-10+. The third kappa shape index (κ3) is 4.14. The van der Waals surface area contributed by atoms with Crippen molar-refractivity contribution in [1.29, 1.82) is 0 Å². The van der Waals surface area contributed by atoms with Gasteiger partial charge in [-0.25, -0.2) is 4.98 Å². The average Bonchev–Trinajstić information content (AvgIpc) is 3.22. The highest BCUT2D eigenvalue weighted by molar-refractivity contribution is 7.99. The smallest absolute Gasteiger partial charge is 0.209 e. The molecule has 0 atom stereocenters. The van der Waals surface area contributed by atoms with Crippen LogP contribution in [0.15, 0.2) is 41.6 Å². The van der Waals surface area contributed by atoms with Gasteiger partial charge in [-0.1, -0.05) is 48.2 Å².